The molecule has 0 unspecified atom stereocenters. The number of nitrogens with one attached hydrogen (secondary N) is 2. The summed E-state index contributed by atoms with van der Waals surface area (Å²) in [6.45, 7) is 1.86. The van der Waals surface area contributed by atoms with Crippen LogP contribution in [0.4, 0.5) is 13.2 Å². The van der Waals surface area contributed by atoms with Gasteiger partial charge >= 0.3 is 6.18 Å². The highest BCUT2D eigenvalue weighted by Gasteiger charge is 2.34. The fraction of sp³-hybridized carbons (Fsp3) is 0.103. The number of hydrogen-bond donors (Lipinski definition) is 2. The lowest BCUT2D eigenvalue weighted by atomic mass is 10.0. The summed E-state index contributed by atoms with van der Waals surface area (Å²) in [5.41, 5.74) is 0.938. The summed E-state index contributed by atoms with van der Waals surface area (Å²) in [5, 5.41) is 11.2. The number of alkyl halides is 3. The molecule has 39 heavy (non-hydrogen) atoms. The minimum absolute atomic E-state index is 0.201. The number of carbonyl (C=O) groups excluding carboxylic acids is 1. The number of benzene rings is 4. The number of carbonyl (C=O) groups is 1. The van der Waals surface area contributed by atoms with E-state index in [0.29, 0.717) is 16.7 Å². The molecule has 0 aliphatic rings. The van der Waals surface area contributed by atoms with Gasteiger partial charge in [-0.2, -0.15) is 18.4 Å². The van der Waals surface area contributed by atoms with Crippen LogP contribution >= 0.6 is 0 Å². The molecule has 0 atom stereocenters. The molecule has 0 saturated heterocycles. The largest absolute Gasteiger partial charge is 0.417 e. The lowest BCUT2D eigenvalue weighted by molar-refractivity contribution is -0.137. The number of nitrogens with zero attached hydrogens (tertiary/aromatic N) is 1. The molecular formula is C29H24F3N3O3S. The summed E-state index contributed by atoms with van der Waals surface area (Å²) >= 11 is 0. The molecule has 1 amide bonds. The van der Waals surface area contributed by atoms with Crippen molar-refractivity contribution in [3.05, 3.63) is 125 Å². The van der Waals surface area contributed by atoms with Crippen LogP contribution in [0, 0.1) is 18.4 Å². The molecule has 0 aromatic heterocycles. The Morgan fingerprint density at radius 2 is 1.46 bits per heavy atom. The third-order valence-corrected chi connectivity index (χ3v) is 6.75. The molecule has 10 heteroatoms. The van der Waals surface area contributed by atoms with Gasteiger partial charge in [0.15, 0.2) is 6.19 Å². The molecule has 0 heterocycles. The summed E-state index contributed by atoms with van der Waals surface area (Å²) in [4.78, 5) is 12.2. The van der Waals surface area contributed by atoms with E-state index in [1.165, 1.54) is 36.0 Å². The van der Waals surface area contributed by atoms with Crippen LogP contribution in [0.2, 0.25) is 0 Å². The highest BCUT2D eigenvalue weighted by molar-refractivity contribution is 7.89. The molecule has 0 bridgehead atoms. The average molecular weight is 552 g/mol. The van der Waals surface area contributed by atoms with Crippen LogP contribution < -0.4 is 10.0 Å². The van der Waals surface area contributed by atoms with E-state index >= 15 is 0 Å². The summed E-state index contributed by atoms with van der Waals surface area (Å²) in [6.07, 6.45) is -3.32. The maximum absolute atomic E-state index is 13.2. The second-order valence-electron chi connectivity index (χ2n) is 8.29. The van der Waals surface area contributed by atoms with E-state index in [0.717, 1.165) is 12.1 Å². The molecule has 0 spiro atoms. The fourth-order valence-electron chi connectivity index (χ4n) is 3.61. The van der Waals surface area contributed by atoms with E-state index in [9.17, 15) is 26.4 Å². The van der Waals surface area contributed by atoms with Gasteiger partial charge in [0.25, 0.3) is 15.9 Å². The molecule has 0 fully saturated rings. The van der Waals surface area contributed by atoms with Crippen molar-refractivity contribution in [2.45, 2.75) is 24.5 Å². The Hall–Kier alpha value is -4.62. The van der Waals surface area contributed by atoms with Gasteiger partial charge in [-0.1, -0.05) is 90.5 Å². The van der Waals surface area contributed by atoms with E-state index in [1.54, 1.807) is 41.1 Å². The SMILES string of the molecule is Cc1ccccc1.N#CNS(=O)(=O)c1cc(CNC(=O)c2ccccc2C(F)(F)F)ccc1-c1ccccc1. The molecule has 200 valence electrons. The molecule has 2 N–H and O–H groups in total. The molecule has 4 aromatic carbocycles. The van der Waals surface area contributed by atoms with Gasteiger partial charge in [0.1, 0.15) is 0 Å². The lowest BCUT2D eigenvalue weighted by Crippen LogP contribution is -2.26. The second-order valence-corrected chi connectivity index (χ2v) is 9.95. The smallest absolute Gasteiger partial charge is 0.348 e. The minimum atomic E-state index is -4.70. The van der Waals surface area contributed by atoms with Crippen molar-refractivity contribution >= 4 is 15.9 Å². The van der Waals surface area contributed by atoms with E-state index < -0.39 is 33.2 Å². The minimum Gasteiger partial charge on any atom is -0.348 e. The van der Waals surface area contributed by atoms with Crippen LogP contribution in [0.25, 0.3) is 11.1 Å². The van der Waals surface area contributed by atoms with Crippen LogP contribution in [0.1, 0.15) is 27.0 Å². The van der Waals surface area contributed by atoms with Gasteiger partial charge in [-0.15, -0.1) is 0 Å². The second kappa shape index (κ2) is 12.8. The number of nitriles is 1. The van der Waals surface area contributed by atoms with Crippen LogP contribution in [-0.4, -0.2) is 14.3 Å². The summed E-state index contributed by atoms with van der Waals surface area (Å²) in [6, 6.07) is 27.5. The first-order valence-electron chi connectivity index (χ1n) is 11.6. The average Bonchev–Trinajstić information content (AvgIpc) is 2.92. The molecule has 0 radical (unpaired) electrons. The van der Waals surface area contributed by atoms with Gasteiger partial charge < -0.3 is 5.32 Å². The number of hydrogen-bond acceptors (Lipinski definition) is 4. The first-order chi connectivity index (χ1) is 18.5. The first-order valence-corrected chi connectivity index (χ1v) is 13.1. The van der Waals surface area contributed by atoms with Gasteiger partial charge in [0.05, 0.1) is 16.0 Å². The van der Waals surface area contributed by atoms with Crippen LogP contribution in [-0.2, 0) is 22.7 Å². The van der Waals surface area contributed by atoms with Crippen molar-refractivity contribution in [3.63, 3.8) is 0 Å². The molecule has 0 aliphatic heterocycles. The Kier molecular flexibility index (Phi) is 9.47. The predicted molar refractivity (Wildman–Crippen MR) is 142 cm³/mol. The zero-order valence-electron chi connectivity index (χ0n) is 20.7. The predicted octanol–water partition coefficient (Wildman–Crippen LogP) is 6.06. The number of halogens is 3. The normalized spacial score (nSPS) is 10.9. The Bertz CT molecular complexity index is 1570. The van der Waals surface area contributed by atoms with Crippen molar-refractivity contribution < 1.29 is 26.4 Å². The van der Waals surface area contributed by atoms with Crippen molar-refractivity contribution in [2.24, 2.45) is 0 Å². The fourth-order valence-corrected chi connectivity index (χ4v) is 4.62. The zero-order valence-corrected chi connectivity index (χ0v) is 21.6. The maximum atomic E-state index is 13.2. The van der Waals surface area contributed by atoms with E-state index in [4.69, 9.17) is 5.26 Å². The Morgan fingerprint density at radius 3 is 2.03 bits per heavy atom. The van der Waals surface area contributed by atoms with Gasteiger partial charge in [0.2, 0.25) is 0 Å². The van der Waals surface area contributed by atoms with Gasteiger partial charge in [-0.3, -0.25) is 4.79 Å². The number of sulfonamides is 1. The maximum Gasteiger partial charge on any atom is 0.417 e. The van der Waals surface area contributed by atoms with E-state index in [2.05, 4.69) is 24.4 Å². The molecule has 4 rings (SSSR count). The third kappa shape index (κ3) is 7.93. The van der Waals surface area contributed by atoms with Crippen LogP contribution in [0.15, 0.2) is 108 Å². The van der Waals surface area contributed by atoms with Gasteiger partial charge in [0, 0.05) is 12.1 Å². The van der Waals surface area contributed by atoms with Crippen LogP contribution in [0.3, 0.4) is 0 Å². The van der Waals surface area contributed by atoms with Crippen molar-refractivity contribution in [1.29, 1.82) is 5.26 Å². The standard InChI is InChI=1S/C22H16F3N3O3S.C7H8/c23-22(24,25)19-9-5-4-8-18(19)21(29)27-13-15-10-11-17(16-6-2-1-3-7-16)20(12-15)32(30,31)28-14-26;1-7-5-3-2-4-6-7/h1-12,28H,13H2,(H,27,29);2-6H,1H3. The van der Waals surface area contributed by atoms with Crippen molar-refractivity contribution in [3.8, 4) is 17.3 Å². The molecule has 0 aliphatic carbocycles. The monoisotopic (exact) mass is 551 g/mol. The Balaban J connectivity index is 0.000000520. The van der Waals surface area contributed by atoms with Crippen LogP contribution in [0.5, 0.6) is 0 Å². The van der Waals surface area contributed by atoms with Crippen molar-refractivity contribution in [2.75, 3.05) is 0 Å². The Morgan fingerprint density at radius 1 is 0.872 bits per heavy atom. The van der Waals surface area contributed by atoms with Gasteiger partial charge in [-0.25, -0.2) is 13.1 Å². The molecule has 0 saturated carbocycles. The number of rotatable bonds is 6. The highest BCUT2D eigenvalue weighted by atomic mass is 32.2. The quantitative estimate of drug-likeness (QED) is 0.225. The Labute approximate surface area is 224 Å². The topological polar surface area (TPSA) is 99.1 Å². The summed E-state index contributed by atoms with van der Waals surface area (Å²) < 4.78 is 66.3. The first kappa shape index (κ1) is 28.9. The van der Waals surface area contributed by atoms with Crippen molar-refractivity contribution in [1.82, 2.24) is 10.0 Å². The summed E-state index contributed by atoms with van der Waals surface area (Å²) in [5.74, 6) is -0.954. The third-order valence-electron chi connectivity index (χ3n) is 5.47. The molecule has 4 aromatic rings. The van der Waals surface area contributed by atoms with E-state index in [-0.39, 0.29) is 11.4 Å². The molecule has 6 nitrogen and oxygen atoms in total. The highest BCUT2D eigenvalue weighted by Crippen LogP contribution is 2.32. The zero-order chi connectivity index (χ0) is 28.5. The lowest BCUT2D eigenvalue weighted by Gasteiger charge is -2.14. The van der Waals surface area contributed by atoms with Gasteiger partial charge in [-0.05, 0) is 36.2 Å². The summed E-state index contributed by atoms with van der Waals surface area (Å²) in [7, 11) is -4.20. The van der Waals surface area contributed by atoms with E-state index in [1.807, 2.05) is 18.2 Å². The number of aryl methyl sites for hydroxylation is 1. The molecular weight excluding hydrogens is 527 g/mol. The number of amides is 1.